The van der Waals surface area contributed by atoms with Gasteiger partial charge in [0, 0.05) is 12.5 Å². The van der Waals surface area contributed by atoms with Gasteiger partial charge in [-0.25, -0.2) is 0 Å². The second kappa shape index (κ2) is 5.27. The summed E-state index contributed by atoms with van der Waals surface area (Å²) in [6, 6.07) is 0.332. The molecular formula is C8H17NO. The van der Waals surface area contributed by atoms with Crippen LogP contribution in [-0.2, 0) is 4.79 Å². The Labute approximate surface area is 63.0 Å². The Bertz CT molecular complexity index is 101. The van der Waals surface area contributed by atoms with Crippen molar-refractivity contribution >= 4 is 5.91 Å². The van der Waals surface area contributed by atoms with E-state index in [1.165, 1.54) is 0 Å². The molecule has 0 aromatic heterocycles. The van der Waals surface area contributed by atoms with E-state index in [2.05, 4.69) is 12.2 Å². The van der Waals surface area contributed by atoms with Gasteiger partial charge in [0.2, 0.25) is 5.91 Å². The predicted octanol–water partition coefficient (Wildman–Crippen LogP) is 1.70. The molecule has 0 aliphatic carbocycles. The molecule has 0 spiro atoms. The van der Waals surface area contributed by atoms with Gasteiger partial charge in [-0.3, -0.25) is 4.79 Å². The Hall–Kier alpha value is -0.530. The summed E-state index contributed by atoms with van der Waals surface area (Å²) in [6.45, 7) is 6.10. The molecular weight excluding hydrogens is 126 g/mol. The first kappa shape index (κ1) is 9.47. The molecule has 0 aliphatic rings. The van der Waals surface area contributed by atoms with Crippen molar-refractivity contribution in [3.05, 3.63) is 0 Å². The molecule has 60 valence electrons. The zero-order valence-electron chi connectivity index (χ0n) is 7.11. The summed E-state index contributed by atoms with van der Waals surface area (Å²) in [7, 11) is 0. The molecule has 0 heterocycles. The predicted molar refractivity (Wildman–Crippen MR) is 42.8 cm³/mol. The summed E-state index contributed by atoms with van der Waals surface area (Å²) in [5, 5.41) is 2.89. The Balaban J connectivity index is 3.37. The van der Waals surface area contributed by atoms with Gasteiger partial charge in [-0.05, 0) is 19.8 Å². The average molecular weight is 143 g/mol. The van der Waals surface area contributed by atoms with Crippen LogP contribution in [0.15, 0.2) is 0 Å². The Kier molecular flexibility index (Phi) is 4.99. The van der Waals surface area contributed by atoms with Crippen LogP contribution in [-0.4, -0.2) is 11.9 Å². The molecule has 1 atom stereocenters. The third-order valence-corrected chi connectivity index (χ3v) is 1.50. The van der Waals surface area contributed by atoms with Crippen molar-refractivity contribution in [1.82, 2.24) is 5.32 Å². The van der Waals surface area contributed by atoms with E-state index in [0.29, 0.717) is 12.5 Å². The van der Waals surface area contributed by atoms with Crippen LogP contribution in [0.4, 0.5) is 0 Å². The normalized spacial score (nSPS) is 12.7. The molecule has 1 N–H and O–H groups in total. The Morgan fingerprint density at radius 2 is 2.10 bits per heavy atom. The molecule has 0 saturated carbocycles. The van der Waals surface area contributed by atoms with Crippen molar-refractivity contribution in [2.45, 2.75) is 46.1 Å². The number of carbonyl (C=O) groups excluding carboxylic acids is 1. The number of carbonyl (C=O) groups is 1. The molecule has 0 aromatic rings. The van der Waals surface area contributed by atoms with Crippen molar-refractivity contribution in [3.8, 4) is 0 Å². The third-order valence-electron chi connectivity index (χ3n) is 1.50. The van der Waals surface area contributed by atoms with E-state index in [9.17, 15) is 4.79 Å². The lowest BCUT2D eigenvalue weighted by atomic mass is 10.2. The number of rotatable bonds is 4. The van der Waals surface area contributed by atoms with Crippen LogP contribution in [0.2, 0.25) is 0 Å². The smallest absolute Gasteiger partial charge is 0.220 e. The van der Waals surface area contributed by atoms with E-state index < -0.39 is 0 Å². The first-order valence-electron chi connectivity index (χ1n) is 4.00. The summed E-state index contributed by atoms with van der Waals surface area (Å²) >= 11 is 0. The van der Waals surface area contributed by atoms with Crippen molar-refractivity contribution in [3.63, 3.8) is 0 Å². The van der Waals surface area contributed by atoms with Crippen molar-refractivity contribution in [2.24, 2.45) is 0 Å². The first-order valence-corrected chi connectivity index (χ1v) is 4.00. The van der Waals surface area contributed by atoms with Crippen LogP contribution >= 0.6 is 0 Å². The van der Waals surface area contributed by atoms with Gasteiger partial charge >= 0.3 is 0 Å². The lowest BCUT2D eigenvalue weighted by Gasteiger charge is -2.09. The van der Waals surface area contributed by atoms with Crippen molar-refractivity contribution < 1.29 is 4.79 Å². The van der Waals surface area contributed by atoms with Crippen LogP contribution in [0.1, 0.15) is 40.0 Å². The van der Waals surface area contributed by atoms with Crippen LogP contribution in [0.3, 0.4) is 0 Å². The molecule has 0 fully saturated rings. The molecule has 0 saturated heterocycles. The summed E-state index contributed by atoms with van der Waals surface area (Å²) in [5.41, 5.74) is 0. The van der Waals surface area contributed by atoms with E-state index in [0.717, 1.165) is 12.8 Å². The molecule has 0 radical (unpaired) electrons. The molecule has 10 heavy (non-hydrogen) atoms. The van der Waals surface area contributed by atoms with E-state index in [4.69, 9.17) is 0 Å². The molecule has 2 heteroatoms. The van der Waals surface area contributed by atoms with Crippen LogP contribution < -0.4 is 5.32 Å². The van der Waals surface area contributed by atoms with Gasteiger partial charge in [0.1, 0.15) is 0 Å². The van der Waals surface area contributed by atoms with Crippen LogP contribution in [0.25, 0.3) is 0 Å². The second-order valence-electron chi connectivity index (χ2n) is 2.63. The summed E-state index contributed by atoms with van der Waals surface area (Å²) in [4.78, 5) is 10.9. The topological polar surface area (TPSA) is 29.1 Å². The fourth-order valence-electron chi connectivity index (χ4n) is 0.676. The summed E-state index contributed by atoms with van der Waals surface area (Å²) in [5.74, 6) is 0.178. The standard InChI is InChI=1S/C8H17NO/c1-4-6-8(10)9-7(3)5-2/h7H,4-6H2,1-3H3,(H,9,10)/t7-/m0/s1. The highest BCUT2D eigenvalue weighted by molar-refractivity contribution is 5.76. The molecule has 2 nitrogen and oxygen atoms in total. The number of hydrogen-bond donors (Lipinski definition) is 1. The molecule has 1 amide bonds. The highest BCUT2D eigenvalue weighted by Gasteiger charge is 2.02. The largest absolute Gasteiger partial charge is 0.354 e. The maximum absolute atomic E-state index is 10.9. The number of nitrogens with one attached hydrogen (secondary N) is 1. The fraction of sp³-hybridized carbons (Fsp3) is 0.875. The van der Waals surface area contributed by atoms with Crippen LogP contribution in [0, 0.1) is 0 Å². The Morgan fingerprint density at radius 1 is 1.50 bits per heavy atom. The summed E-state index contributed by atoms with van der Waals surface area (Å²) in [6.07, 6.45) is 2.60. The van der Waals surface area contributed by atoms with Gasteiger partial charge < -0.3 is 5.32 Å². The van der Waals surface area contributed by atoms with Crippen LogP contribution in [0.5, 0.6) is 0 Å². The van der Waals surface area contributed by atoms with Gasteiger partial charge in [0.05, 0.1) is 0 Å². The van der Waals surface area contributed by atoms with Gasteiger partial charge in [-0.15, -0.1) is 0 Å². The quantitative estimate of drug-likeness (QED) is 0.637. The SMILES string of the molecule is CCCC(=O)N[C@@H](C)CC. The van der Waals surface area contributed by atoms with E-state index >= 15 is 0 Å². The van der Waals surface area contributed by atoms with Crippen molar-refractivity contribution in [1.29, 1.82) is 0 Å². The van der Waals surface area contributed by atoms with E-state index in [-0.39, 0.29) is 5.91 Å². The van der Waals surface area contributed by atoms with E-state index in [1.807, 2.05) is 13.8 Å². The van der Waals surface area contributed by atoms with Gasteiger partial charge in [0.25, 0.3) is 0 Å². The third kappa shape index (κ3) is 4.36. The minimum absolute atomic E-state index is 0.178. The molecule has 0 rings (SSSR count). The van der Waals surface area contributed by atoms with Crippen molar-refractivity contribution in [2.75, 3.05) is 0 Å². The number of hydrogen-bond acceptors (Lipinski definition) is 1. The minimum atomic E-state index is 0.178. The maximum atomic E-state index is 10.9. The highest BCUT2D eigenvalue weighted by Crippen LogP contribution is 1.91. The fourth-order valence-corrected chi connectivity index (χ4v) is 0.676. The molecule has 0 aromatic carbocycles. The van der Waals surface area contributed by atoms with E-state index in [1.54, 1.807) is 0 Å². The average Bonchev–Trinajstić information content (AvgIpc) is 1.88. The zero-order chi connectivity index (χ0) is 7.98. The first-order chi connectivity index (χ1) is 4.70. The van der Waals surface area contributed by atoms with Gasteiger partial charge in [0.15, 0.2) is 0 Å². The highest BCUT2D eigenvalue weighted by atomic mass is 16.1. The lowest BCUT2D eigenvalue weighted by Crippen LogP contribution is -2.31. The van der Waals surface area contributed by atoms with Gasteiger partial charge in [-0.1, -0.05) is 13.8 Å². The minimum Gasteiger partial charge on any atom is -0.354 e. The second-order valence-corrected chi connectivity index (χ2v) is 2.63. The number of amides is 1. The monoisotopic (exact) mass is 143 g/mol. The molecule has 0 bridgehead atoms. The molecule has 0 unspecified atom stereocenters. The Morgan fingerprint density at radius 3 is 2.50 bits per heavy atom. The van der Waals surface area contributed by atoms with Gasteiger partial charge in [-0.2, -0.15) is 0 Å². The molecule has 0 aliphatic heterocycles. The summed E-state index contributed by atoms with van der Waals surface area (Å²) < 4.78 is 0. The maximum Gasteiger partial charge on any atom is 0.220 e. The zero-order valence-corrected chi connectivity index (χ0v) is 7.11. The lowest BCUT2D eigenvalue weighted by molar-refractivity contribution is -0.121.